The molecule has 1 aromatic rings. The molecule has 1 aromatic carbocycles. The van der Waals surface area contributed by atoms with Crippen LogP contribution < -0.4 is 0 Å². The highest BCUT2D eigenvalue weighted by Gasteiger charge is 2.62. The van der Waals surface area contributed by atoms with Gasteiger partial charge in [0.15, 0.2) is 0 Å². The number of halogens is 6. The summed E-state index contributed by atoms with van der Waals surface area (Å²) >= 11 is 10.9. The normalized spacial score (nSPS) is 22.2. The lowest BCUT2D eigenvalue weighted by atomic mass is 9.86. The van der Waals surface area contributed by atoms with Gasteiger partial charge in [-0.2, -0.15) is 13.2 Å². The fourth-order valence-electron chi connectivity index (χ4n) is 2.57. The summed E-state index contributed by atoms with van der Waals surface area (Å²) < 4.78 is 48.7. The first-order valence-corrected chi connectivity index (χ1v) is 10.5. The molecule has 0 aromatic heterocycles. The van der Waals surface area contributed by atoms with E-state index in [0.29, 0.717) is 9.08 Å². The second-order valence-electron chi connectivity index (χ2n) is 5.64. The van der Waals surface area contributed by atoms with Crippen molar-refractivity contribution in [3.8, 4) is 0 Å². The van der Waals surface area contributed by atoms with Gasteiger partial charge < -0.3 is 9.57 Å². The molecule has 3 rings (SSSR count). The Hall–Kier alpha value is -1.39. The van der Waals surface area contributed by atoms with E-state index in [-0.39, 0.29) is 21.3 Å². The summed E-state index contributed by atoms with van der Waals surface area (Å²) in [6.07, 6.45) is -2.19. The third-order valence-electron chi connectivity index (χ3n) is 3.93. The van der Waals surface area contributed by atoms with Crippen molar-refractivity contribution in [2.45, 2.75) is 18.2 Å². The fourth-order valence-corrected chi connectivity index (χ4v) is 5.19. The number of carbonyl (C=O) groups excluding carboxylic acids is 1. The molecule has 27 heavy (non-hydrogen) atoms. The molecule has 0 bridgehead atoms. The maximum absolute atomic E-state index is 13.9. The van der Waals surface area contributed by atoms with Gasteiger partial charge in [-0.3, -0.25) is 0 Å². The predicted octanol–water partition coefficient (Wildman–Crippen LogP) is 5.30. The molecule has 0 fully saturated rings. The van der Waals surface area contributed by atoms with Crippen LogP contribution in [-0.2, 0) is 20.0 Å². The van der Waals surface area contributed by atoms with Crippen LogP contribution in [0.15, 0.2) is 45.2 Å². The predicted molar refractivity (Wildman–Crippen MR) is 106 cm³/mol. The number of nitrogens with zero attached hydrogens (tertiary/aromatic N) is 1. The van der Waals surface area contributed by atoms with Crippen LogP contribution in [0, 0.1) is 0 Å². The fraction of sp³-hybridized carbons (Fsp3) is 0.235. The zero-order valence-electron chi connectivity index (χ0n) is 13.6. The Balaban J connectivity index is 1.94. The summed E-state index contributed by atoms with van der Waals surface area (Å²) in [4.78, 5) is 16.5. The molecule has 0 saturated heterocycles. The number of oxime groups is 1. The van der Waals surface area contributed by atoms with E-state index in [4.69, 9.17) is 28.0 Å². The number of carbonyl (C=O) groups is 1. The van der Waals surface area contributed by atoms with Gasteiger partial charge >= 0.3 is 12.1 Å². The quantitative estimate of drug-likeness (QED) is 0.393. The molecule has 0 N–H and O–H groups in total. The van der Waals surface area contributed by atoms with Crippen LogP contribution in [0.1, 0.15) is 12.0 Å². The van der Waals surface area contributed by atoms with Gasteiger partial charge in [0.25, 0.3) is 5.60 Å². The van der Waals surface area contributed by atoms with Crippen LogP contribution in [0.4, 0.5) is 13.2 Å². The first kappa shape index (κ1) is 20.3. The second kappa shape index (κ2) is 7.56. The van der Waals surface area contributed by atoms with Crippen molar-refractivity contribution < 1.29 is 27.5 Å². The average molecular weight is 532 g/mol. The SMILES string of the molecule is COC(=O)C1=IC=C(C2=NOC(c3cc(Cl)cc(Cl)c3)(C(F)(F)F)C2)C=C1. The molecule has 0 radical (unpaired) electrons. The molecule has 10 heteroatoms. The summed E-state index contributed by atoms with van der Waals surface area (Å²) in [5.74, 6) is -0.447. The van der Waals surface area contributed by atoms with Crippen LogP contribution in [-0.4, -0.2) is 28.5 Å². The molecule has 1 unspecified atom stereocenters. The van der Waals surface area contributed by atoms with Crippen molar-refractivity contribution in [2.24, 2.45) is 5.16 Å². The highest BCUT2D eigenvalue weighted by molar-refractivity contribution is 14.2. The Labute approximate surface area is 172 Å². The van der Waals surface area contributed by atoms with E-state index >= 15 is 0 Å². The van der Waals surface area contributed by atoms with Crippen LogP contribution in [0.5, 0.6) is 0 Å². The molecule has 2 aliphatic heterocycles. The van der Waals surface area contributed by atoms with Gasteiger partial charge in [-0.1, -0.05) is 55.2 Å². The lowest BCUT2D eigenvalue weighted by Crippen LogP contribution is -2.42. The summed E-state index contributed by atoms with van der Waals surface area (Å²) in [5, 5.41) is 3.82. The minimum absolute atomic E-state index is 0.0677. The molecule has 1 atom stereocenters. The van der Waals surface area contributed by atoms with E-state index in [1.54, 1.807) is 10.2 Å². The van der Waals surface area contributed by atoms with E-state index in [0.717, 1.165) is 0 Å². The molecular formula is C17H11Cl2F3INO3. The third-order valence-corrected chi connectivity index (χ3v) is 6.82. The maximum atomic E-state index is 13.9. The van der Waals surface area contributed by atoms with Gasteiger partial charge in [0.1, 0.15) is 0 Å². The molecule has 144 valence electrons. The van der Waals surface area contributed by atoms with E-state index < -0.39 is 44.9 Å². The van der Waals surface area contributed by atoms with Crippen molar-refractivity contribution in [3.63, 3.8) is 0 Å². The zero-order valence-corrected chi connectivity index (χ0v) is 17.3. The number of hydrogen-bond acceptors (Lipinski definition) is 4. The molecule has 0 spiro atoms. The highest BCUT2D eigenvalue weighted by atomic mass is 127. The molecule has 2 heterocycles. The maximum Gasteiger partial charge on any atom is 0.435 e. The molecule has 2 aliphatic rings. The Morgan fingerprint density at radius 3 is 2.44 bits per heavy atom. The van der Waals surface area contributed by atoms with Gasteiger partial charge in [0.2, 0.25) is 0 Å². The third kappa shape index (κ3) is 3.93. The summed E-state index contributed by atoms with van der Waals surface area (Å²) in [7, 11) is 1.27. The number of alkyl halides is 3. The molecule has 4 nitrogen and oxygen atoms in total. The second-order valence-corrected chi connectivity index (χ2v) is 8.92. The number of allylic oxidation sites excluding steroid dienone is 2. The van der Waals surface area contributed by atoms with Crippen molar-refractivity contribution in [3.05, 3.63) is 55.6 Å². The van der Waals surface area contributed by atoms with Crippen LogP contribution >= 0.6 is 43.9 Å². The average Bonchev–Trinajstić information content (AvgIpc) is 3.07. The van der Waals surface area contributed by atoms with Crippen molar-refractivity contribution in [1.82, 2.24) is 0 Å². The number of rotatable bonds is 3. The highest BCUT2D eigenvalue weighted by Crippen LogP contribution is 2.50. The van der Waals surface area contributed by atoms with Crippen LogP contribution in [0.3, 0.4) is 0 Å². The smallest absolute Gasteiger partial charge is 0.435 e. The van der Waals surface area contributed by atoms with Gasteiger partial charge in [0, 0.05) is 27.6 Å². The lowest BCUT2D eigenvalue weighted by Gasteiger charge is -2.29. The Bertz CT molecular complexity index is 904. The van der Waals surface area contributed by atoms with E-state index in [1.165, 1.54) is 31.4 Å². The Morgan fingerprint density at radius 2 is 1.93 bits per heavy atom. The molecule has 0 aliphatic carbocycles. The van der Waals surface area contributed by atoms with Crippen molar-refractivity contribution >= 4 is 59.1 Å². The molecular weight excluding hydrogens is 521 g/mol. The van der Waals surface area contributed by atoms with Gasteiger partial charge in [-0.05, 0) is 28.4 Å². The standard InChI is InChI=1S/C17H11Cl2F3INO3/c1-26-15(25)13-3-2-9(8-23-13)14-7-16(27-24-14,17(20,21)22)10-4-11(18)6-12(19)5-10/h2-6,8H,7H2,1H3. The van der Waals surface area contributed by atoms with Crippen molar-refractivity contribution in [1.29, 1.82) is 0 Å². The molecule has 0 amide bonds. The summed E-state index contributed by atoms with van der Waals surface area (Å²) in [6.45, 7) is 0. The minimum Gasteiger partial charge on any atom is -0.465 e. The lowest BCUT2D eigenvalue weighted by molar-refractivity contribution is -0.275. The van der Waals surface area contributed by atoms with Gasteiger partial charge in [-0.15, -0.1) is 0 Å². The van der Waals surface area contributed by atoms with E-state index in [1.807, 2.05) is 0 Å². The zero-order chi connectivity index (χ0) is 19.8. The monoisotopic (exact) mass is 531 g/mol. The summed E-state index contributed by atoms with van der Waals surface area (Å²) in [6, 6.07) is 3.68. The summed E-state index contributed by atoms with van der Waals surface area (Å²) in [5.41, 5.74) is -2.25. The Kier molecular flexibility index (Phi) is 5.69. The Morgan fingerprint density at radius 1 is 1.26 bits per heavy atom. The number of esters is 1. The number of hydrogen-bond donors (Lipinski definition) is 0. The number of benzene rings is 1. The van der Waals surface area contributed by atoms with Crippen LogP contribution in [0.25, 0.3) is 0 Å². The number of ether oxygens (including phenoxy) is 1. The largest absolute Gasteiger partial charge is 0.465 e. The van der Waals surface area contributed by atoms with E-state index in [9.17, 15) is 18.0 Å². The van der Waals surface area contributed by atoms with Gasteiger partial charge in [0.05, 0.1) is 16.3 Å². The topological polar surface area (TPSA) is 47.9 Å². The number of methoxy groups -OCH3 is 1. The minimum atomic E-state index is -4.75. The van der Waals surface area contributed by atoms with Gasteiger partial charge in [-0.25, -0.2) is 4.79 Å². The van der Waals surface area contributed by atoms with E-state index in [2.05, 4.69) is 9.89 Å². The van der Waals surface area contributed by atoms with Crippen LogP contribution in [0.2, 0.25) is 10.0 Å². The first-order valence-electron chi connectivity index (χ1n) is 7.42. The van der Waals surface area contributed by atoms with Crippen molar-refractivity contribution in [2.75, 3.05) is 7.11 Å². The first-order chi connectivity index (χ1) is 12.7. The molecule has 0 saturated carbocycles.